The van der Waals surface area contributed by atoms with Gasteiger partial charge in [-0.15, -0.1) is 0 Å². The van der Waals surface area contributed by atoms with E-state index in [4.69, 9.17) is 9.47 Å². The number of hydrogen-bond acceptors (Lipinski definition) is 6. The van der Waals surface area contributed by atoms with Crippen LogP contribution in [0.1, 0.15) is 41.6 Å². The van der Waals surface area contributed by atoms with E-state index in [0.717, 1.165) is 25.7 Å². The van der Waals surface area contributed by atoms with E-state index < -0.39 is 28.5 Å². The highest BCUT2D eigenvalue weighted by Crippen LogP contribution is 2.26. The zero-order valence-electron chi connectivity index (χ0n) is 18.4. The molecule has 10 heteroatoms. The summed E-state index contributed by atoms with van der Waals surface area (Å²) in [6, 6.07) is 9.63. The number of carbonyl (C=O) groups is 2. The summed E-state index contributed by atoms with van der Waals surface area (Å²) < 4.78 is 50.8. The summed E-state index contributed by atoms with van der Waals surface area (Å²) in [7, 11) is -2.42. The number of amides is 1. The van der Waals surface area contributed by atoms with E-state index in [9.17, 15) is 22.4 Å². The van der Waals surface area contributed by atoms with Crippen molar-refractivity contribution >= 4 is 21.9 Å². The van der Waals surface area contributed by atoms with Gasteiger partial charge in [-0.1, -0.05) is 25.0 Å². The first-order chi connectivity index (χ1) is 15.8. The van der Waals surface area contributed by atoms with Gasteiger partial charge < -0.3 is 14.8 Å². The first-order valence-electron chi connectivity index (χ1n) is 10.7. The quantitative estimate of drug-likeness (QED) is 0.586. The minimum atomic E-state index is -3.78. The van der Waals surface area contributed by atoms with E-state index in [1.807, 2.05) is 0 Å². The van der Waals surface area contributed by atoms with Crippen molar-refractivity contribution in [2.24, 2.45) is 0 Å². The van der Waals surface area contributed by atoms with Gasteiger partial charge in [0.25, 0.3) is 5.91 Å². The smallest absolute Gasteiger partial charge is 0.342 e. The molecule has 178 valence electrons. The molecule has 0 aromatic heterocycles. The van der Waals surface area contributed by atoms with Crippen LogP contribution in [0.25, 0.3) is 0 Å². The maximum Gasteiger partial charge on any atom is 0.342 e. The van der Waals surface area contributed by atoms with E-state index >= 15 is 0 Å². The maximum absolute atomic E-state index is 13.1. The maximum atomic E-state index is 13.1. The normalized spacial score (nSPS) is 14.8. The summed E-state index contributed by atoms with van der Waals surface area (Å²) in [5.41, 5.74) is 0.601. The largest absolute Gasteiger partial charge is 0.496 e. The molecule has 0 radical (unpaired) electrons. The first kappa shape index (κ1) is 24.7. The molecule has 1 heterocycles. The Hall–Kier alpha value is -2.98. The average Bonchev–Trinajstić information content (AvgIpc) is 3.12. The fourth-order valence-electron chi connectivity index (χ4n) is 3.50. The number of hydrogen-bond donors (Lipinski definition) is 1. The summed E-state index contributed by atoms with van der Waals surface area (Å²) >= 11 is 0. The SMILES string of the molecule is COc1ccc(S(=O)(=O)N2CCCCCC2)cc1C(=O)OCC(=O)NCc1ccc(F)cc1. The average molecular weight is 479 g/mol. The fraction of sp³-hybridized carbons (Fsp3) is 0.391. The molecule has 1 aliphatic heterocycles. The van der Waals surface area contributed by atoms with Crippen molar-refractivity contribution in [2.45, 2.75) is 37.1 Å². The van der Waals surface area contributed by atoms with Gasteiger partial charge in [0.2, 0.25) is 10.0 Å². The lowest BCUT2D eigenvalue weighted by Gasteiger charge is -2.20. The third kappa shape index (κ3) is 6.52. The Labute approximate surface area is 192 Å². The van der Waals surface area contributed by atoms with Crippen LogP contribution in [-0.2, 0) is 26.1 Å². The third-order valence-electron chi connectivity index (χ3n) is 5.33. The number of halogens is 1. The molecule has 33 heavy (non-hydrogen) atoms. The summed E-state index contributed by atoms with van der Waals surface area (Å²) in [6.07, 6.45) is 3.54. The molecule has 1 N–H and O–H groups in total. The molecule has 0 aliphatic carbocycles. The van der Waals surface area contributed by atoms with Crippen LogP contribution in [-0.4, -0.2) is 51.4 Å². The second kappa shape index (κ2) is 11.2. The highest BCUT2D eigenvalue weighted by molar-refractivity contribution is 7.89. The van der Waals surface area contributed by atoms with Crippen LogP contribution in [0.4, 0.5) is 4.39 Å². The first-order valence-corrected chi connectivity index (χ1v) is 12.1. The number of methoxy groups -OCH3 is 1. The van der Waals surface area contributed by atoms with Crippen molar-refractivity contribution in [3.63, 3.8) is 0 Å². The van der Waals surface area contributed by atoms with Crippen molar-refractivity contribution in [3.05, 3.63) is 59.4 Å². The third-order valence-corrected chi connectivity index (χ3v) is 7.23. The number of ether oxygens (including phenoxy) is 2. The Morgan fingerprint density at radius 3 is 2.33 bits per heavy atom. The van der Waals surface area contributed by atoms with E-state index in [0.29, 0.717) is 18.7 Å². The van der Waals surface area contributed by atoms with Gasteiger partial charge in [0.15, 0.2) is 6.61 Å². The number of esters is 1. The van der Waals surface area contributed by atoms with Gasteiger partial charge in [-0.05, 0) is 48.7 Å². The van der Waals surface area contributed by atoms with Gasteiger partial charge in [0.05, 0.1) is 12.0 Å². The van der Waals surface area contributed by atoms with Crippen molar-refractivity contribution in [1.29, 1.82) is 0 Å². The monoisotopic (exact) mass is 478 g/mol. The van der Waals surface area contributed by atoms with E-state index in [1.165, 1.54) is 53.9 Å². The van der Waals surface area contributed by atoms with Crippen molar-refractivity contribution in [3.8, 4) is 5.75 Å². The highest BCUT2D eigenvalue weighted by atomic mass is 32.2. The Morgan fingerprint density at radius 1 is 1.03 bits per heavy atom. The van der Waals surface area contributed by atoms with Crippen LogP contribution in [0.3, 0.4) is 0 Å². The van der Waals surface area contributed by atoms with Gasteiger partial charge >= 0.3 is 5.97 Å². The lowest BCUT2D eigenvalue weighted by molar-refractivity contribution is -0.124. The van der Waals surface area contributed by atoms with Crippen molar-refractivity contribution in [1.82, 2.24) is 9.62 Å². The van der Waals surface area contributed by atoms with Crippen molar-refractivity contribution in [2.75, 3.05) is 26.8 Å². The molecule has 0 saturated carbocycles. The molecule has 0 atom stereocenters. The van der Waals surface area contributed by atoms with Crippen LogP contribution in [0.2, 0.25) is 0 Å². The summed E-state index contributed by atoms with van der Waals surface area (Å²) in [5, 5.41) is 2.57. The van der Waals surface area contributed by atoms with Crippen LogP contribution in [0.15, 0.2) is 47.4 Å². The van der Waals surface area contributed by atoms with Crippen LogP contribution < -0.4 is 10.1 Å². The number of rotatable bonds is 8. The molecule has 1 aliphatic rings. The van der Waals surface area contributed by atoms with E-state index in [1.54, 1.807) is 0 Å². The standard InChI is InChI=1S/C23H27FN2O6S/c1-31-21-11-10-19(33(29,30)26-12-4-2-3-5-13-26)14-20(21)23(28)32-16-22(27)25-15-17-6-8-18(24)9-7-17/h6-11,14H,2-5,12-13,15-16H2,1H3,(H,25,27). The van der Waals surface area contributed by atoms with Crippen molar-refractivity contribution < 1.29 is 31.9 Å². The fourth-order valence-corrected chi connectivity index (χ4v) is 5.04. The Bertz CT molecular complexity index is 1080. The number of sulfonamides is 1. The molecule has 0 spiro atoms. The predicted octanol–water partition coefficient (Wildman–Crippen LogP) is 2.87. The minimum Gasteiger partial charge on any atom is -0.496 e. The zero-order chi connectivity index (χ0) is 23.8. The molecule has 1 saturated heterocycles. The number of carbonyl (C=O) groups excluding carboxylic acids is 2. The molecule has 1 amide bonds. The van der Waals surface area contributed by atoms with Gasteiger partial charge in [-0.3, -0.25) is 4.79 Å². The molecule has 0 bridgehead atoms. The van der Waals surface area contributed by atoms with E-state index in [-0.39, 0.29) is 28.6 Å². The minimum absolute atomic E-state index is 0.0297. The molecule has 3 rings (SSSR count). The molecule has 8 nitrogen and oxygen atoms in total. The topological polar surface area (TPSA) is 102 Å². The molecule has 1 fully saturated rings. The van der Waals surface area contributed by atoms with Gasteiger partial charge in [-0.25, -0.2) is 17.6 Å². The Kier molecular flexibility index (Phi) is 8.40. The molecule has 2 aromatic rings. The second-order valence-corrected chi connectivity index (χ2v) is 9.60. The molecular formula is C23H27FN2O6S. The second-order valence-electron chi connectivity index (χ2n) is 7.66. The predicted molar refractivity (Wildman–Crippen MR) is 119 cm³/mol. The lowest BCUT2D eigenvalue weighted by Crippen LogP contribution is -2.32. The molecule has 0 unspecified atom stereocenters. The summed E-state index contributed by atoms with van der Waals surface area (Å²) in [5.74, 6) is -1.67. The zero-order valence-corrected chi connectivity index (χ0v) is 19.2. The molecular weight excluding hydrogens is 451 g/mol. The summed E-state index contributed by atoms with van der Waals surface area (Å²) in [4.78, 5) is 24.6. The van der Waals surface area contributed by atoms with Crippen LogP contribution in [0, 0.1) is 5.82 Å². The number of benzene rings is 2. The van der Waals surface area contributed by atoms with Crippen LogP contribution >= 0.6 is 0 Å². The van der Waals surface area contributed by atoms with Crippen LogP contribution in [0.5, 0.6) is 5.75 Å². The molecule has 2 aromatic carbocycles. The summed E-state index contributed by atoms with van der Waals surface area (Å²) in [6.45, 7) is 0.445. The Balaban J connectivity index is 1.66. The number of nitrogens with one attached hydrogen (secondary N) is 1. The van der Waals surface area contributed by atoms with Gasteiger partial charge in [-0.2, -0.15) is 4.31 Å². The van der Waals surface area contributed by atoms with Gasteiger partial charge in [0.1, 0.15) is 17.1 Å². The lowest BCUT2D eigenvalue weighted by atomic mass is 10.2. The Morgan fingerprint density at radius 2 is 1.70 bits per heavy atom. The number of nitrogens with zero attached hydrogens (tertiary/aromatic N) is 1. The van der Waals surface area contributed by atoms with Gasteiger partial charge in [0, 0.05) is 19.6 Å². The highest BCUT2D eigenvalue weighted by Gasteiger charge is 2.27. The van der Waals surface area contributed by atoms with E-state index in [2.05, 4.69) is 5.32 Å².